The predicted octanol–water partition coefficient (Wildman–Crippen LogP) is 6.25. The molecular weight excluding hydrogens is 264 g/mol. The van der Waals surface area contributed by atoms with Crippen LogP contribution in [0.15, 0.2) is 60.7 Å². The number of hydrogen-bond donors (Lipinski definition) is 0. The average Bonchev–Trinajstić information content (AvgIpc) is 2.57. The molecule has 0 aliphatic rings. The number of rotatable bonds is 2. The number of benzene rings is 3. The molecule has 0 heterocycles. The minimum absolute atomic E-state index is 1.30. The zero-order valence-corrected chi connectivity index (χ0v) is 13.8. The molecule has 0 aliphatic carbocycles. The van der Waals surface area contributed by atoms with Crippen molar-refractivity contribution in [2.24, 2.45) is 0 Å². The van der Waals surface area contributed by atoms with E-state index >= 15 is 0 Å². The Morgan fingerprint density at radius 2 is 0.727 bits per heavy atom. The predicted molar refractivity (Wildman–Crippen MR) is 96.3 cm³/mol. The fraction of sp³-hybridized carbons (Fsp3) is 0.182. The van der Waals surface area contributed by atoms with Crippen LogP contribution >= 0.6 is 0 Å². The molecule has 0 aromatic heterocycles. The molecule has 0 radical (unpaired) electrons. The van der Waals surface area contributed by atoms with Crippen molar-refractivity contribution < 1.29 is 0 Å². The Morgan fingerprint density at radius 3 is 1.05 bits per heavy atom. The fourth-order valence-electron chi connectivity index (χ4n) is 3.24. The third kappa shape index (κ3) is 2.35. The van der Waals surface area contributed by atoms with Gasteiger partial charge in [-0.3, -0.25) is 0 Å². The molecule has 0 nitrogen and oxygen atoms in total. The largest absolute Gasteiger partial charge is 0.0622 e. The van der Waals surface area contributed by atoms with E-state index in [4.69, 9.17) is 0 Å². The Kier molecular flexibility index (Phi) is 3.85. The summed E-state index contributed by atoms with van der Waals surface area (Å²) in [6, 6.07) is 21.5. The maximum atomic E-state index is 2.25. The Labute approximate surface area is 133 Å². The monoisotopic (exact) mass is 286 g/mol. The van der Waals surface area contributed by atoms with Crippen LogP contribution in [0.3, 0.4) is 0 Å². The van der Waals surface area contributed by atoms with Gasteiger partial charge in [-0.25, -0.2) is 0 Å². The topological polar surface area (TPSA) is 0 Å². The van der Waals surface area contributed by atoms with Crippen molar-refractivity contribution in [2.45, 2.75) is 27.7 Å². The van der Waals surface area contributed by atoms with E-state index in [2.05, 4.69) is 88.4 Å². The molecule has 0 spiro atoms. The van der Waals surface area contributed by atoms with Gasteiger partial charge in [-0.1, -0.05) is 60.7 Å². The summed E-state index contributed by atoms with van der Waals surface area (Å²) in [5.41, 5.74) is 10.9. The highest BCUT2D eigenvalue weighted by Crippen LogP contribution is 2.40. The first-order valence-corrected chi connectivity index (χ1v) is 7.82. The normalized spacial score (nSPS) is 10.7. The van der Waals surface area contributed by atoms with Crippen molar-refractivity contribution in [1.29, 1.82) is 0 Å². The lowest BCUT2D eigenvalue weighted by Crippen LogP contribution is -1.99. The molecule has 3 aromatic rings. The van der Waals surface area contributed by atoms with Crippen LogP contribution in [-0.2, 0) is 0 Å². The van der Waals surface area contributed by atoms with Crippen LogP contribution in [0, 0.1) is 27.7 Å². The molecule has 0 bridgehead atoms. The van der Waals surface area contributed by atoms with Crippen LogP contribution < -0.4 is 0 Å². The smallest absolute Gasteiger partial charge is 0.00706 e. The van der Waals surface area contributed by atoms with Crippen LogP contribution in [-0.4, -0.2) is 0 Å². The van der Waals surface area contributed by atoms with E-state index in [1.165, 1.54) is 44.5 Å². The van der Waals surface area contributed by atoms with Crippen LogP contribution in [0.25, 0.3) is 22.3 Å². The van der Waals surface area contributed by atoms with Crippen molar-refractivity contribution >= 4 is 0 Å². The summed E-state index contributed by atoms with van der Waals surface area (Å²) in [7, 11) is 0. The van der Waals surface area contributed by atoms with E-state index in [0.717, 1.165) is 0 Å². The first kappa shape index (κ1) is 14.6. The first-order valence-electron chi connectivity index (χ1n) is 7.82. The average molecular weight is 286 g/mol. The van der Waals surface area contributed by atoms with Gasteiger partial charge in [-0.15, -0.1) is 0 Å². The summed E-state index contributed by atoms with van der Waals surface area (Å²) >= 11 is 0. The van der Waals surface area contributed by atoms with E-state index < -0.39 is 0 Å². The summed E-state index contributed by atoms with van der Waals surface area (Å²) in [5.74, 6) is 0. The standard InChI is InChI=1S/C22H22/c1-15-16(2)18(4)22(20-13-9-6-10-14-20)21(17(15)3)19-11-7-5-8-12-19/h5-14H,1-4H3. The zero-order valence-electron chi connectivity index (χ0n) is 13.8. The minimum Gasteiger partial charge on any atom is -0.0622 e. The molecule has 110 valence electrons. The third-order valence-electron chi connectivity index (χ3n) is 4.81. The fourth-order valence-corrected chi connectivity index (χ4v) is 3.24. The highest BCUT2D eigenvalue weighted by Gasteiger charge is 2.17. The van der Waals surface area contributed by atoms with Crippen molar-refractivity contribution in [3.05, 3.63) is 82.9 Å². The molecule has 0 heteroatoms. The second-order valence-corrected chi connectivity index (χ2v) is 5.98. The molecular formula is C22H22. The molecule has 0 saturated heterocycles. The minimum atomic E-state index is 1.30. The maximum Gasteiger partial charge on any atom is -0.00706 e. The summed E-state index contributed by atoms with van der Waals surface area (Å²) in [5, 5.41) is 0. The second kappa shape index (κ2) is 5.81. The van der Waals surface area contributed by atoms with Crippen LogP contribution in [0.2, 0.25) is 0 Å². The second-order valence-electron chi connectivity index (χ2n) is 5.98. The van der Waals surface area contributed by atoms with Gasteiger partial charge in [0.25, 0.3) is 0 Å². The molecule has 0 fully saturated rings. The van der Waals surface area contributed by atoms with Crippen molar-refractivity contribution in [1.82, 2.24) is 0 Å². The third-order valence-corrected chi connectivity index (χ3v) is 4.81. The van der Waals surface area contributed by atoms with Crippen LogP contribution in [0.5, 0.6) is 0 Å². The van der Waals surface area contributed by atoms with E-state index in [1.807, 2.05) is 0 Å². The summed E-state index contributed by atoms with van der Waals surface area (Å²) in [6.45, 7) is 8.96. The van der Waals surface area contributed by atoms with Gasteiger partial charge in [-0.05, 0) is 72.2 Å². The van der Waals surface area contributed by atoms with Crippen LogP contribution in [0.1, 0.15) is 22.3 Å². The van der Waals surface area contributed by atoms with Gasteiger partial charge in [0.1, 0.15) is 0 Å². The zero-order chi connectivity index (χ0) is 15.7. The molecule has 3 rings (SSSR count). The molecule has 0 amide bonds. The maximum absolute atomic E-state index is 2.25. The Balaban J connectivity index is 2.42. The van der Waals surface area contributed by atoms with Gasteiger partial charge in [0, 0.05) is 0 Å². The van der Waals surface area contributed by atoms with Gasteiger partial charge < -0.3 is 0 Å². The van der Waals surface area contributed by atoms with Crippen molar-refractivity contribution in [2.75, 3.05) is 0 Å². The van der Waals surface area contributed by atoms with Gasteiger partial charge >= 0.3 is 0 Å². The quantitative estimate of drug-likeness (QED) is 0.522. The van der Waals surface area contributed by atoms with Crippen molar-refractivity contribution in [3.8, 4) is 22.3 Å². The summed E-state index contributed by atoms with van der Waals surface area (Å²) in [4.78, 5) is 0. The van der Waals surface area contributed by atoms with Gasteiger partial charge in [0.05, 0.1) is 0 Å². The molecule has 0 N–H and O–H groups in total. The van der Waals surface area contributed by atoms with E-state index in [9.17, 15) is 0 Å². The Hall–Kier alpha value is -2.34. The number of hydrogen-bond acceptors (Lipinski definition) is 0. The van der Waals surface area contributed by atoms with Gasteiger partial charge in [0.15, 0.2) is 0 Å². The first-order chi connectivity index (χ1) is 10.6. The molecule has 0 unspecified atom stereocenters. The highest BCUT2D eigenvalue weighted by atomic mass is 14.2. The van der Waals surface area contributed by atoms with Gasteiger partial charge in [0.2, 0.25) is 0 Å². The molecule has 0 atom stereocenters. The van der Waals surface area contributed by atoms with E-state index in [-0.39, 0.29) is 0 Å². The van der Waals surface area contributed by atoms with E-state index in [1.54, 1.807) is 0 Å². The van der Waals surface area contributed by atoms with Crippen LogP contribution in [0.4, 0.5) is 0 Å². The Morgan fingerprint density at radius 1 is 0.409 bits per heavy atom. The SMILES string of the molecule is Cc1c(C)c(C)c(-c2ccccc2)c(-c2ccccc2)c1C. The van der Waals surface area contributed by atoms with Crippen molar-refractivity contribution in [3.63, 3.8) is 0 Å². The Bertz CT molecular complexity index is 726. The molecule has 22 heavy (non-hydrogen) atoms. The highest BCUT2D eigenvalue weighted by molar-refractivity contribution is 5.89. The lowest BCUT2D eigenvalue weighted by Gasteiger charge is -2.21. The lowest BCUT2D eigenvalue weighted by molar-refractivity contribution is 1.22. The summed E-state index contributed by atoms with van der Waals surface area (Å²) in [6.07, 6.45) is 0. The lowest BCUT2D eigenvalue weighted by atomic mass is 9.83. The molecule has 0 aliphatic heterocycles. The van der Waals surface area contributed by atoms with E-state index in [0.29, 0.717) is 0 Å². The molecule has 0 saturated carbocycles. The summed E-state index contributed by atoms with van der Waals surface area (Å²) < 4.78 is 0. The van der Waals surface area contributed by atoms with Gasteiger partial charge in [-0.2, -0.15) is 0 Å². The molecule has 3 aromatic carbocycles.